The van der Waals surface area contributed by atoms with Crippen LogP contribution in [0.4, 0.5) is 11.4 Å². The van der Waals surface area contributed by atoms with Crippen LogP contribution in [0, 0.1) is 0 Å². The lowest BCUT2D eigenvalue weighted by Gasteiger charge is -2.14. The molecule has 1 heterocycles. The Morgan fingerprint density at radius 2 is 1.72 bits per heavy atom. The number of hydrogen-bond donors (Lipinski definition) is 1. The van der Waals surface area contributed by atoms with Gasteiger partial charge in [0, 0.05) is 37.1 Å². The van der Waals surface area contributed by atoms with Crippen LogP contribution in [0.15, 0.2) is 41.4 Å². The second-order valence-corrected chi connectivity index (χ2v) is 6.92. The minimum Gasteiger partial charge on any atom is -0.493 e. The van der Waals surface area contributed by atoms with Crippen molar-refractivity contribution in [3.8, 4) is 11.5 Å². The van der Waals surface area contributed by atoms with E-state index in [1.165, 1.54) is 4.90 Å². The molecule has 2 aromatic carbocycles. The fourth-order valence-electron chi connectivity index (χ4n) is 3.37. The molecule has 152 valence electrons. The van der Waals surface area contributed by atoms with Crippen LogP contribution < -0.4 is 14.8 Å². The first kappa shape index (κ1) is 20.4. The van der Waals surface area contributed by atoms with Gasteiger partial charge in [-0.25, -0.2) is 0 Å². The smallest absolute Gasteiger partial charge is 0.253 e. The lowest BCUT2D eigenvalue weighted by atomic mass is 9.93. The number of carbonyl (C=O) groups is 2. The molecule has 0 aliphatic carbocycles. The maximum Gasteiger partial charge on any atom is 0.253 e. The summed E-state index contributed by atoms with van der Waals surface area (Å²) in [5, 5.41) is 2.91. The molecule has 0 radical (unpaired) electrons. The van der Waals surface area contributed by atoms with Gasteiger partial charge in [0.1, 0.15) is 5.92 Å². The van der Waals surface area contributed by atoms with Crippen molar-refractivity contribution in [3.05, 3.63) is 47.5 Å². The topological polar surface area (TPSA) is 80.2 Å². The molecule has 29 heavy (non-hydrogen) atoms. The van der Waals surface area contributed by atoms with Crippen molar-refractivity contribution in [2.45, 2.75) is 19.3 Å². The first-order valence-corrected chi connectivity index (χ1v) is 9.35. The number of nitrogens with zero attached hydrogens (tertiary/aromatic N) is 2. The molecule has 0 saturated heterocycles. The van der Waals surface area contributed by atoms with Crippen molar-refractivity contribution in [3.63, 3.8) is 0 Å². The number of methoxy groups -OCH3 is 2. The van der Waals surface area contributed by atoms with Gasteiger partial charge < -0.3 is 19.7 Å². The molecule has 1 aliphatic heterocycles. The Labute approximate surface area is 170 Å². The largest absolute Gasteiger partial charge is 0.493 e. The fraction of sp³-hybridized carbons (Fsp3) is 0.318. The second-order valence-electron chi connectivity index (χ2n) is 6.92. The fourth-order valence-corrected chi connectivity index (χ4v) is 3.37. The van der Waals surface area contributed by atoms with Gasteiger partial charge in [0.2, 0.25) is 5.91 Å². The summed E-state index contributed by atoms with van der Waals surface area (Å²) in [5.41, 5.74) is 3.53. The maximum atomic E-state index is 12.7. The minimum absolute atomic E-state index is 0.0682. The first-order valence-electron chi connectivity index (χ1n) is 9.35. The molecule has 1 aliphatic rings. The average Bonchev–Trinajstić information content (AvgIpc) is 3.05. The number of anilines is 1. The van der Waals surface area contributed by atoms with Gasteiger partial charge in [-0.2, -0.15) is 0 Å². The monoisotopic (exact) mass is 395 g/mol. The van der Waals surface area contributed by atoms with Crippen LogP contribution in [-0.2, 0) is 4.79 Å². The van der Waals surface area contributed by atoms with Crippen molar-refractivity contribution < 1.29 is 19.1 Å². The molecule has 3 rings (SSSR count). The molecule has 7 heteroatoms. The highest BCUT2D eigenvalue weighted by Gasteiger charge is 2.35. The van der Waals surface area contributed by atoms with Crippen LogP contribution >= 0.6 is 0 Å². The summed E-state index contributed by atoms with van der Waals surface area (Å²) >= 11 is 0. The van der Waals surface area contributed by atoms with Gasteiger partial charge in [0.25, 0.3) is 5.91 Å². The Balaban J connectivity index is 1.97. The van der Waals surface area contributed by atoms with E-state index in [0.717, 1.165) is 11.3 Å². The number of benzene rings is 2. The van der Waals surface area contributed by atoms with Crippen molar-refractivity contribution in [1.29, 1.82) is 0 Å². The molecule has 0 bridgehead atoms. The van der Waals surface area contributed by atoms with Gasteiger partial charge in [-0.05, 0) is 42.3 Å². The van der Waals surface area contributed by atoms with E-state index >= 15 is 0 Å². The SMILES string of the molecule is CCC(=Nc1ccc(C(=O)N(C)C)cc1)C1C(=O)Nc2cc(OC)c(OC)cc21. The lowest BCUT2D eigenvalue weighted by Crippen LogP contribution is -2.21. The van der Waals surface area contributed by atoms with E-state index in [0.29, 0.717) is 34.9 Å². The summed E-state index contributed by atoms with van der Waals surface area (Å²) in [6.07, 6.45) is 0.601. The number of rotatable bonds is 6. The van der Waals surface area contributed by atoms with Crippen LogP contribution in [0.1, 0.15) is 35.2 Å². The normalized spacial score (nSPS) is 15.6. The van der Waals surface area contributed by atoms with Crippen LogP contribution in [0.2, 0.25) is 0 Å². The molecule has 0 saturated carbocycles. The highest BCUT2D eigenvalue weighted by molar-refractivity contribution is 6.19. The molecule has 1 N–H and O–H groups in total. The number of fused-ring (bicyclic) bond motifs is 1. The van der Waals surface area contributed by atoms with Gasteiger partial charge in [-0.3, -0.25) is 14.6 Å². The summed E-state index contributed by atoms with van der Waals surface area (Å²) in [5.74, 6) is 0.424. The molecular formula is C22H25N3O4. The summed E-state index contributed by atoms with van der Waals surface area (Å²) < 4.78 is 10.7. The number of hydrogen-bond acceptors (Lipinski definition) is 5. The van der Waals surface area contributed by atoms with Gasteiger partial charge >= 0.3 is 0 Å². The van der Waals surface area contributed by atoms with Crippen LogP contribution in [0.5, 0.6) is 11.5 Å². The zero-order valence-electron chi connectivity index (χ0n) is 17.3. The molecule has 7 nitrogen and oxygen atoms in total. The average molecular weight is 395 g/mol. The predicted molar refractivity (Wildman–Crippen MR) is 113 cm³/mol. The van der Waals surface area contributed by atoms with Crippen molar-refractivity contribution >= 4 is 28.9 Å². The summed E-state index contributed by atoms with van der Waals surface area (Å²) in [7, 11) is 6.54. The molecule has 2 amide bonds. The number of aliphatic imine (C=N–C) groups is 1. The Morgan fingerprint density at radius 3 is 2.28 bits per heavy atom. The Morgan fingerprint density at radius 1 is 1.10 bits per heavy atom. The van der Waals surface area contributed by atoms with Gasteiger partial charge in [0.05, 0.1) is 19.9 Å². The Hall–Kier alpha value is -3.35. The third-order valence-corrected chi connectivity index (χ3v) is 4.88. The molecule has 0 spiro atoms. The van der Waals surface area contributed by atoms with Crippen molar-refractivity contribution in [2.24, 2.45) is 4.99 Å². The van der Waals surface area contributed by atoms with Crippen molar-refractivity contribution in [1.82, 2.24) is 4.90 Å². The lowest BCUT2D eigenvalue weighted by molar-refractivity contribution is -0.115. The van der Waals surface area contributed by atoms with Crippen LogP contribution in [-0.4, -0.2) is 50.7 Å². The van der Waals surface area contributed by atoms with Crippen LogP contribution in [0.25, 0.3) is 0 Å². The van der Waals surface area contributed by atoms with Gasteiger partial charge in [-0.15, -0.1) is 0 Å². The first-order chi connectivity index (χ1) is 13.9. The van der Waals surface area contributed by atoms with Crippen LogP contribution in [0.3, 0.4) is 0 Å². The number of carbonyl (C=O) groups excluding carboxylic acids is 2. The Bertz CT molecular complexity index is 965. The zero-order chi connectivity index (χ0) is 21.1. The summed E-state index contributed by atoms with van der Waals surface area (Å²) in [6.45, 7) is 1.97. The molecule has 0 fully saturated rings. The molecule has 1 atom stereocenters. The van der Waals surface area contributed by atoms with E-state index in [1.807, 2.05) is 13.0 Å². The highest BCUT2D eigenvalue weighted by Crippen LogP contribution is 2.42. The predicted octanol–water partition coefficient (Wildman–Crippen LogP) is 3.62. The number of nitrogens with one attached hydrogen (secondary N) is 1. The minimum atomic E-state index is -0.502. The van der Waals surface area contributed by atoms with Gasteiger partial charge in [-0.1, -0.05) is 6.92 Å². The van der Waals surface area contributed by atoms with E-state index in [1.54, 1.807) is 58.6 Å². The molecule has 1 unspecified atom stereocenters. The van der Waals surface area contributed by atoms with E-state index in [2.05, 4.69) is 5.32 Å². The molecule has 0 aromatic heterocycles. The third kappa shape index (κ3) is 3.94. The Kier molecular flexibility index (Phi) is 5.87. The molecular weight excluding hydrogens is 370 g/mol. The van der Waals surface area contributed by atoms with E-state index < -0.39 is 5.92 Å². The highest BCUT2D eigenvalue weighted by atomic mass is 16.5. The number of amides is 2. The molecule has 2 aromatic rings. The van der Waals surface area contributed by atoms with E-state index in [-0.39, 0.29) is 11.8 Å². The van der Waals surface area contributed by atoms with E-state index in [4.69, 9.17) is 14.5 Å². The third-order valence-electron chi connectivity index (χ3n) is 4.88. The van der Waals surface area contributed by atoms with Crippen molar-refractivity contribution in [2.75, 3.05) is 33.6 Å². The summed E-state index contributed by atoms with van der Waals surface area (Å²) in [4.78, 5) is 31.0. The number of ether oxygens (including phenoxy) is 2. The summed E-state index contributed by atoms with van der Waals surface area (Å²) in [6, 6.07) is 10.6. The van der Waals surface area contributed by atoms with Gasteiger partial charge in [0.15, 0.2) is 11.5 Å². The maximum absolute atomic E-state index is 12.7. The zero-order valence-corrected chi connectivity index (χ0v) is 17.3. The van der Waals surface area contributed by atoms with E-state index in [9.17, 15) is 9.59 Å². The second kappa shape index (κ2) is 8.34. The quantitative estimate of drug-likeness (QED) is 0.758. The standard InChI is InChI=1S/C22H25N3O4/c1-6-16(23-14-9-7-13(8-10-14)22(27)25(2)3)20-15-11-18(28-4)19(29-5)12-17(15)24-21(20)26/h7-12,20H,6H2,1-5H3,(H,24,26).